The lowest BCUT2D eigenvalue weighted by molar-refractivity contribution is -0.155. The molecular weight excluding hydrogens is 288 g/mol. The van der Waals surface area contributed by atoms with Crippen LogP contribution in [0.25, 0.3) is 0 Å². The zero-order valence-electron chi connectivity index (χ0n) is 12.4. The molecule has 0 N–H and O–H groups in total. The van der Waals surface area contributed by atoms with Crippen LogP contribution in [0.15, 0.2) is 50.6 Å². The lowest BCUT2D eigenvalue weighted by atomic mass is 9.87. The summed E-state index contributed by atoms with van der Waals surface area (Å²) in [5, 5.41) is 0. The van der Waals surface area contributed by atoms with Crippen LogP contribution in [0, 0.1) is 5.41 Å². The van der Waals surface area contributed by atoms with Gasteiger partial charge in [0.2, 0.25) is 0 Å². The fourth-order valence-electron chi connectivity index (χ4n) is 1.46. The molecular formula is C16H20O6. The summed E-state index contributed by atoms with van der Waals surface area (Å²) in [6.45, 7) is 13.1. The van der Waals surface area contributed by atoms with Gasteiger partial charge in [0.05, 0.1) is 5.41 Å². The van der Waals surface area contributed by atoms with Crippen LogP contribution in [-0.4, -0.2) is 37.7 Å². The Kier molecular flexibility index (Phi) is 8.94. The van der Waals surface area contributed by atoms with Crippen molar-refractivity contribution in [3.05, 3.63) is 50.6 Å². The Morgan fingerprint density at radius 3 is 1.27 bits per heavy atom. The van der Waals surface area contributed by atoms with Gasteiger partial charge in [-0.05, 0) is 6.42 Å². The average Bonchev–Trinajstić information content (AvgIpc) is 2.54. The minimum absolute atomic E-state index is 0.140. The molecule has 0 aliphatic heterocycles. The molecule has 120 valence electrons. The van der Waals surface area contributed by atoms with Crippen molar-refractivity contribution in [2.45, 2.75) is 6.42 Å². The van der Waals surface area contributed by atoms with Crippen molar-refractivity contribution >= 4 is 17.9 Å². The standard InChI is InChI=1S/C16H20O6/c1-5-9-16(10-20-13(17)6-2,11-21-14(18)7-3)12-22-15(19)8-4/h5-8H,1-4,9-12H2. The summed E-state index contributed by atoms with van der Waals surface area (Å²) >= 11 is 0. The molecule has 0 saturated heterocycles. The SMILES string of the molecule is C=CCC(COC(=O)C=C)(COC(=O)C=C)COC(=O)C=C. The molecule has 0 aliphatic rings. The highest BCUT2D eigenvalue weighted by Crippen LogP contribution is 2.25. The van der Waals surface area contributed by atoms with Gasteiger partial charge in [-0.2, -0.15) is 0 Å². The summed E-state index contributed by atoms with van der Waals surface area (Å²) in [6, 6.07) is 0. The zero-order chi connectivity index (χ0) is 17.0. The number of rotatable bonds is 11. The Morgan fingerprint density at radius 1 is 0.727 bits per heavy atom. The normalized spacial score (nSPS) is 10.0. The number of ether oxygens (including phenoxy) is 3. The largest absolute Gasteiger partial charge is 0.462 e. The highest BCUT2D eigenvalue weighted by atomic mass is 16.6. The maximum Gasteiger partial charge on any atom is 0.330 e. The fourth-order valence-corrected chi connectivity index (χ4v) is 1.46. The Morgan fingerprint density at radius 2 is 1.05 bits per heavy atom. The van der Waals surface area contributed by atoms with Gasteiger partial charge < -0.3 is 14.2 Å². The first-order valence-corrected chi connectivity index (χ1v) is 6.41. The van der Waals surface area contributed by atoms with Gasteiger partial charge in [-0.3, -0.25) is 0 Å². The minimum atomic E-state index is -0.947. The van der Waals surface area contributed by atoms with Crippen LogP contribution < -0.4 is 0 Å². The van der Waals surface area contributed by atoms with Crippen LogP contribution in [0.5, 0.6) is 0 Å². The van der Waals surface area contributed by atoms with Gasteiger partial charge in [0.1, 0.15) is 19.8 Å². The van der Waals surface area contributed by atoms with Crippen molar-refractivity contribution in [1.82, 2.24) is 0 Å². The number of carbonyl (C=O) groups is 3. The molecule has 0 aromatic rings. The summed E-state index contributed by atoms with van der Waals surface area (Å²) in [6.07, 6.45) is 4.84. The van der Waals surface area contributed by atoms with E-state index in [0.717, 1.165) is 18.2 Å². The van der Waals surface area contributed by atoms with E-state index >= 15 is 0 Å². The van der Waals surface area contributed by atoms with Crippen LogP contribution in [-0.2, 0) is 28.6 Å². The van der Waals surface area contributed by atoms with Crippen LogP contribution in [0.4, 0.5) is 0 Å². The van der Waals surface area contributed by atoms with E-state index in [0.29, 0.717) is 0 Å². The second kappa shape index (κ2) is 10.1. The Hall–Kier alpha value is -2.63. The topological polar surface area (TPSA) is 78.9 Å². The molecule has 0 spiro atoms. The fraction of sp³-hybridized carbons (Fsp3) is 0.312. The zero-order valence-corrected chi connectivity index (χ0v) is 12.4. The highest BCUT2D eigenvalue weighted by molar-refractivity contribution is 5.82. The van der Waals surface area contributed by atoms with E-state index in [-0.39, 0.29) is 26.2 Å². The molecule has 0 aromatic heterocycles. The van der Waals surface area contributed by atoms with Crippen LogP contribution >= 0.6 is 0 Å². The third kappa shape index (κ3) is 7.23. The molecule has 0 radical (unpaired) electrons. The lowest BCUT2D eigenvalue weighted by Crippen LogP contribution is -2.38. The summed E-state index contributed by atoms with van der Waals surface area (Å²) in [5.41, 5.74) is -0.947. The summed E-state index contributed by atoms with van der Waals surface area (Å²) in [5.74, 6) is -1.92. The van der Waals surface area contributed by atoms with Crippen molar-refractivity contribution in [3.63, 3.8) is 0 Å². The monoisotopic (exact) mass is 308 g/mol. The Bertz CT molecular complexity index is 403. The van der Waals surface area contributed by atoms with Crippen LogP contribution in [0.1, 0.15) is 6.42 Å². The lowest BCUT2D eigenvalue weighted by Gasteiger charge is -2.30. The molecule has 0 aliphatic carbocycles. The second-order valence-electron chi connectivity index (χ2n) is 4.43. The van der Waals surface area contributed by atoms with E-state index < -0.39 is 23.3 Å². The molecule has 0 heterocycles. The molecule has 6 heteroatoms. The van der Waals surface area contributed by atoms with Crippen molar-refractivity contribution in [1.29, 1.82) is 0 Å². The highest BCUT2D eigenvalue weighted by Gasteiger charge is 2.34. The van der Waals surface area contributed by atoms with E-state index in [1.54, 1.807) is 6.08 Å². The molecule has 0 atom stereocenters. The minimum Gasteiger partial charge on any atom is -0.462 e. The number of allylic oxidation sites excluding steroid dienone is 1. The molecule has 0 amide bonds. The maximum atomic E-state index is 11.2. The second-order valence-corrected chi connectivity index (χ2v) is 4.43. The van der Waals surface area contributed by atoms with Crippen molar-refractivity contribution in [3.8, 4) is 0 Å². The van der Waals surface area contributed by atoms with E-state index in [9.17, 15) is 14.4 Å². The molecule has 0 bridgehead atoms. The third-order valence-electron chi connectivity index (χ3n) is 2.64. The van der Waals surface area contributed by atoms with Gasteiger partial charge in [-0.15, -0.1) is 6.58 Å². The van der Waals surface area contributed by atoms with E-state index in [1.165, 1.54) is 0 Å². The van der Waals surface area contributed by atoms with E-state index in [1.807, 2.05) is 0 Å². The van der Waals surface area contributed by atoms with Gasteiger partial charge in [-0.25, -0.2) is 14.4 Å². The van der Waals surface area contributed by atoms with Gasteiger partial charge in [0.25, 0.3) is 0 Å². The molecule has 0 fully saturated rings. The molecule has 0 aromatic carbocycles. The summed E-state index contributed by atoms with van der Waals surface area (Å²) in [4.78, 5) is 33.7. The molecule has 0 saturated carbocycles. The van der Waals surface area contributed by atoms with Gasteiger partial charge in [0.15, 0.2) is 0 Å². The van der Waals surface area contributed by atoms with Crippen molar-refractivity contribution < 1.29 is 28.6 Å². The van der Waals surface area contributed by atoms with Crippen LogP contribution in [0.3, 0.4) is 0 Å². The first-order chi connectivity index (χ1) is 10.4. The van der Waals surface area contributed by atoms with Crippen LogP contribution in [0.2, 0.25) is 0 Å². The Balaban J connectivity index is 5.07. The number of esters is 3. The van der Waals surface area contributed by atoms with Gasteiger partial charge >= 0.3 is 17.9 Å². The molecule has 0 rings (SSSR count). The number of hydrogen-bond donors (Lipinski definition) is 0. The van der Waals surface area contributed by atoms with E-state index in [4.69, 9.17) is 14.2 Å². The quantitative estimate of drug-likeness (QED) is 0.250. The predicted octanol–water partition coefficient (Wildman–Crippen LogP) is 1.74. The Labute approximate surface area is 129 Å². The average molecular weight is 308 g/mol. The smallest absolute Gasteiger partial charge is 0.330 e. The van der Waals surface area contributed by atoms with Crippen molar-refractivity contribution in [2.24, 2.45) is 5.41 Å². The third-order valence-corrected chi connectivity index (χ3v) is 2.64. The summed E-state index contributed by atoms with van der Waals surface area (Å²) < 4.78 is 15.0. The number of hydrogen-bond acceptors (Lipinski definition) is 6. The predicted molar refractivity (Wildman–Crippen MR) is 80.7 cm³/mol. The van der Waals surface area contributed by atoms with E-state index in [2.05, 4.69) is 26.3 Å². The van der Waals surface area contributed by atoms with Gasteiger partial charge in [0, 0.05) is 18.2 Å². The number of carbonyl (C=O) groups excluding carboxylic acids is 3. The molecule has 22 heavy (non-hydrogen) atoms. The summed E-state index contributed by atoms with van der Waals surface area (Å²) in [7, 11) is 0. The first-order valence-electron chi connectivity index (χ1n) is 6.41. The first kappa shape index (κ1) is 19.4. The van der Waals surface area contributed by atoms with Crippen molar-refractivity contribution in [2.75, 3.05) is 19.8 Å². The molecule has 0 unspecified atom stereocenters. The maximum absolute atomic E-state index is 11.2. The molecule has 6 nitrogen and oxygen atoms in total. The van der Waals surface area contributed by atoms with Gasteiger partial charge in [-0.1, -0.05) is 25.8 Å².